The summed E-state index contributed by atoms with van der Waals surface area (Å²) in [5, 5.41) is 5.74. The Balaban J connectivity index is 1.89. The Morgan fingerprint density at radius 2 is 1.73 bits per heavy atom. The van der Waals surface area contributed by atoms with E-state index >= 15 is 0 Å². The second-order valence-electron chi connectivity index (χ2n) is 9.38. The van der Waals surface area contributed by atoms with Gasteiger partial charge in [-0.2, -0.15) is 0 Å². The van der Waals surface area contributed by atoms with Gasteiger partial charge in [0.2, 0.25) is 5.91 Å². The van der Waals surface area contributed by atoms with Crippen LogP contribution in [0.25, 0.3) is 0 Å². The van der Waals surface area contributed by atoms with Crippen LogP contribution in [0.2, 0.25) is 0 Å². The van der Waals surface area contributed by atoms with Crippen LogP contribution in [-0.2, 0) is 19.1 Å². The molecule has 184 valence electrons. The zero-order chi connectivity index (χ0) is 24.6. The predicted octanol–water partition coefficient (Wildman–Crippen LogP) is 2.32. The van der Waals surface area contributed by atoms with Gasteiger partial charge in [0.15, 0.2) is 6.04 Å². The number of rotatable bonds is 7. The number of methoxy groups -OCH3 is 1. The van der Waals surface area contributed by atoms with E-state index in [0.29, 0.717) is 26.2 Å². The molecule has 33 heavy (non-hydrogen) atoms. The highest BCUT2D eigenvalue weighted by atomic mass is 16.5. The lowest BCUT2D eigenvalue weighted by molar-refractivity contribution is -0.146. The second kappa shape index (κ2) is 12.0. The van der Waals surface area contributed by atoms with Gasteiger partial charge in [-0.3, -0.25) is 9.69 Å². The van der Waals surface area contributed by atoms with Gasteiger partial charge in [-0.1, -0.05) is 18.2 Å². The Kier molecular flexibility index (Phi) is 9.67. The number of benzene rings is 1. The van der Waals surface area contributed by atoms with Crippen LogP contribution in [0.3, 0.4) is 0 Å². The molecule has 9 heteroatoms. The molecule has 1 aromatic rings. The molecular weight excluding hydrogens is 424 g/mol. The van der Waals surface area contributed by atoms with Gasteiger partial charge in [0.05, 0.1) is 25.9 Å². The minimum atomic E-state index is -0.885. The van der Waals surface area contributed by atoms with E-state index in [-0.39, 0.29) is 25.1 Å². The summed E-state index contributed by atoms with van der Waals surface area (Å²) in [6.07, 6.45) is 0.728. The standard InChI is InChI=1S/C24H38N4O5/c1-17-9-7-10-18(2)21(17)26-20(29)15-27-11-8-12-28(14-13-27)23(31)25-19(22(30)32-6)16-33-24(3,4)5/h7,9-10,19H,8,11-16H2,1-6H3,(H,25,31)(H,26,29). The van der Waals surface area contributed by atoms with Gasteiger partial charge in [0.25, 0.3) is 0 Å². The summed E-state index contributed by atoms with van der Waals surface area (Å²) in [4.78, 5) is 41.2. The van der Waals surface area contributed by atoms with Crippen molar-refractivity contribution < 1.29 is 23.9 Å². The molecule has 0 aromatic heterocycles. The van der Waals surface area contributed by atoms with Gasteiger partial charge in [-0.05, 0) is 52.2 Å². The summed E-state index contributed by atoms with van der Waals surface area (Å²) < 4.78 is 10.5. The fraction of sp³-hybridized carbons (Fsp3) is 0.625. The molecule has 0 spiro atoms. The zero-order valence-corrected chi connectivity index (χ0v) is 20.7. The summed E-state index contributed by atoms with van der Waals surface area (Å²) in [5.41, 5.74) is 2.46. The van der Waals surface area contributed by atoms with Crippen LogP contribution in [0.15, 0.2) is 18.2 Å². The van der Waals surface area contributed by atoms with E-state index in [0.717, 1.165) is 23.2 Å². The molecule has 3 amide bonds. The number of nitrogens with one attached hydrogen (secondary N) is 2. The van der Waals surface area contributed by atoms with Crippen LogP contribution in [0.1, 0.15) is 38.3 Å². The Hall–Kier alpha value is -2.65. The zero-order valence-electron chi connectivity index (χ0n) is 20.7. The van der Waals surface area contributed by atoms with E-state index in [9.17, 15) is 14.4 Å². The number of carbonyl (C=O) groups excluding carboxylic acids is 3. The summed E-state index contributed by atoms with van der Waals surface area (Å²) in [6.45, 7) is 12.1. The van der Waals surface area contributed by atoms with Crippen LogP contribution in [-0.4, -0.2) is 85.8 Å². The highest BCUT2D eigenvalue weighted by molar-refractivity contribution is 5.93. The van der Waals surface area contributed by atoms with Crippen molar-refractivity contribution in [2.45, 2.75) is 52.7 Å². The Bertz CT molecular complexity index is 816. The second-order valence-corrected chi connectivity index (χ2v) is 9.38. The molecule has 0 saturated carbocycles. The molecule has 1 saturated heterocycles. The lowest BCUT2D eigenvalue weighted by Crippen LogP contribution is -2.51. The van der Waals surface area contributed by atoms with Crippen LogP contribution in [0.4, 0.5) is 10.5 Å². The van der Waals surface area contributed by atoms with Gasteiger partial charge in [0.1, 0.15) is 0 Å². The fourth-order valence-corrected chi connectivity index (χ4v) is 3.61. The van der Waals surface area contributed by atoms with Crippen molar-refractivity contribution in [3.05, 3.63) is 29.3 Å². The van der Waals surface area contributed by atoms with E-state index in [1.807, 2.05) is 57.7 Å². The largest absolute Gasteiger partial charge is 0.467 e. The molecular formula is C24H38N4O5. The fourth-order valence-electron chi connectivity index (χ4n) is 3.61. The first kappa shape index (κ1) is 26.6. The molecule has 2 N–H and O–H groups in total. The van der Waals surface area contributed by atoms with Crippen LogP contribution >= 0.6 is 0 Å². The van der Waals surface area contributed by atoms with Crippen molar-refractivity contribution in [1.29, 1.82) is 0 Å². The number of anilines is 1. The van der Waals surface area contributed by atoms with Gasteiger partial charge in [-0.25, -0.2) is 9.59 Å². The number of carbonyl (C=O) groups is 3. The average molecular weight is 463 g/mol. The van der Waals surface area contributed by atoms with E-state index in [1.54, 1.807) is 4.90 Å². The van der Waals surface area contributed by atoms with Crippen molar-refractivity contribution in [2.24, 2.45) is 0 Å². The maximum Gasteiger partial charge on any atom is 0.330 e. The van der Waals surface area contributed by atoms with Crippen molar-refractivity contribution in [3.8, 4) is 0 Å². The number of hydrogen-bond donors (Lipinski definition) is 2. The highest BCUT2D eigenvalue weighted by Crippen LogP contribution is 2.19. The van der Waals surface area contributed by atoms with E-state index < -0.39 is 17.6 Å². The van der Waals surface area contributed by atoms with E-state index in [4.69, 9.17) is 9.47 Å². The van der Waals surface area contributed by atoms with E-state index in [2.05, 4.69) is 10.6 Å². The minimum absolute atomic E-state index is 0.0281. The summed E-state index contributed by atoms with van der Waals surface area (Å²) in [6, 6.07) is 4.68. The van der Waals surface area contributed by atoms with Crippen molar-refractivity contribution in [2.75, 3.05) is 51.8 Å². The molecule has 1 unspecified atom stereocenters. The number of amides is 3. The van der Waals surface area contributed by atoms with Crippen molar-refractivity contribution >= 4 is 23.6 Å². The Morgan fingerprint density at radius 3 is 2.33 bits per heavy atom. The average Bonchev–Trinajstić information content (AvgIpc) is 2.98. The summed E-state index contributed by atoms with van der Waals surface area (Å²) >= 11 is 0. The third-order valence-corrected chi connectivity index (χ3v) is 5.45. The smallest absolute Gasteiger partial charge is 0.330 e. The van der Waals surface area contributed by atoms with Crippen molar-refractivity contribution in [1.82, 2.24) is 15.1 Å². The number of esters is 1. The number of ether oxygens (including phenoxy) is 2. The molecule has 1 aliphatic rings. The minimum Gasteiger partial charge on any atom is -0.467 e. The molecule has 2 rings (SSSR count). The first-order chi connectivity index (χ1) is 15.5. The van der Waals surface area contributed by atoms with Crippen LogP contribution < -0.4 is 10.6 Å². The van der Waals surface area contributed by atoms with Gasteiger partial charge in [-0.15, -0.1) is 0 Å². The Labute approximate surface area is 196 Å². The molecule has 0 aliphatic carbocycles. The normalized spacial score (nSPS) is 16.0. The number of nitrogens with zero attached hydrogens (tertiary/aromatic N) is 2. The monoisotopic (exact) mass is 462 g/mol. The van der Waals surface area contributed by atoms with E-state index in [1.165, 1.54) is 7.11 Å². The molecule has 1 aliphatic heterocycles. The maximum atomic E-state index is 12.8. The topological polar surface area (TPSA) is 100 Å². The summed E-state index contributed by atoms with van der Waals surface area (Å²) in [5.74, 6) is -0.623. The van der Waals surface area contributed by atoms with Gasteiger partial charge < -0.3 is 25.0 Å². The molecule has 1 aromatic carbocycles. The van der Waals surface area contributed by atoms with Crippen LogP contribution in [0, 0.1) is 13.8 Å². The first-order valence-electron chi connectivity index (χ1n) is 11.4. The third-order valence-electron chi connectivity index (χ3n) is 5.45. The highest BCUT2D eigenvalue weighted by Gasteiger charge is 2.28. The molecule has 1 fully saturated rings. The molecule has 0 bridgehead atoms. The third kappa shape index (κ3) is 8.66. The number of para-hydroxylation sites is 1. The molecule has 9 nitrogen and oxygen atoms in total. The number of aryl methyl sites for hydroxylation is 2. The lowest BCUT2D eigenvalue weighted by Gasteiger charge is -2.27. The van der Waals surface area contributed by atoms with Crippen molar-refractivity contribution in [3.63, 3.8) is 0 Å². The van der Waals surface area contributed by atoms with Crippen LogP contribution in [0.5, 0.6) is 0 Å². The number of hydrogen-bond acceptors (Lipinski definition) is 6. The predicted molar refractivity (Wildman–Crippen MR) is 127 cm³/mol. The number of urea groups is 1. The van der Waals surface area contributed by atoms with Gasteiger partial charge in [0, 0.05) is 31.9 Å². The molecule has 0 radical (unpaired) electrons. The quantitative estimate of drug-likeness (QED) is 0.603. The lowest BCUT2D eigenvalue weighted by atomic mass is 10.1. The summed E-state index contributed by atoms with van der Waals surface area (Å²) in [7, 11) is 1.28. The Morgan fingerprint density at radius 1 is 1.06 bits per heavy atom. The SMILES string of the molecule is COC(=O)C(COC(C)(C)C)NC(=O)N1CCCN(CC(=O)Nc2c(C)cccc2C)CC1. The molecule has 1 heterocycles. The van der Waals surface area contributed by atoms with Gasteiger partial charge >= 0.3 is 12.0 Å². The molecule has 1 atom stereocenters. The first-order valence-corrected chi connectivity index (χ1v) is 11.4. The maximum absolute atomic E-state index is 12.8.